The lowest BCUT2D eigenvalue weighted by atomic mass is 10.0. The van der Waals surface area contributed by atoms with Crippen LogP contribution in [0.2, 0.25) is 0 Å². The maximum atomic E-state index is 13.2. The standard InChI is InChI=1S/C20H28N6O2/c1-4-15(5-2)19(27)25-11-6-12-26(20(28)16-7-9-21-10-8-16)17(13-25)18-22-14(3)23-24-18/h7-10,15,17H,4-6,11-13H2,1-3H3,(H,22,23,24)/t17-/m0/s1. The predicted molar refractivity (Wildman–Crippen MR) is 104 cm³/mol. The molecule has 2 aromatic rings. The van der Waals surface area contributed by atoms with Gasteiger partial charge >= 0.3 is 0 Å². The van der Waals surface area contributed by atoms with Crippen LogP contribution >= 0.6 is 0 Å². The molecule has 1 aliphatic heterocycles. The molecule has 2 amide bonds. The monoisotopic (exact) mass is 384 g/mol. The Morgan fingerprint density at radius 3 is 2.54 bits per heavy atom. The maximum absolute atomic E-state index is 13.2. The molecule has 1 aliphatic rings. The van der Waals surface area contributed by atoms with Crippen molar-refractivity contribution in [3.05, 3.63) is 41.7 Å². The molecule has 0 aliphatic carbocycles. The number of aromatic nitrogens is 4. The van der Waals surface area contributed by atoms with Crippen LogP contribution in [0.4, 0.5) is 0 Å². The molecule has 0 aromatic carbocycles. The summed E-state index contributed by atoms with van der Waals surface area (Å²) in [6.07, 6.45) is 5.58. The summed E-state index contributed by atoms with van der Waals surface area (Å²) in [6.45, 7) is 7.50. The Balaban J connectivity index is 1.91. The molecule has 150 valence electrons. The van der Waals surface area contributed by atoms with E-state index in [1.807, 2.05) is 25.7 Å². The van der Waals surface area contributed by atoms with Crippen LogP contribution in [0.25, 0.3) is 0 Å². The lowest BCUT2D eigenvalue weighted by molar-refractivity contribution is -0.136. The summed E-state index contributed by atoms with van der Waals surface area (Å²) in [7, 11) is 0. The summed E-state index contributed by atoms with van der Waals surface area (Å²) in [6, 6.07) is 3.03. The van der Waals surface area contributed by atoms with Crippen molar-refractivity contribution in [2.24, 2.45) is 5.92 Å². The van der Waals surface area contributed by atoms with Gasteiger partial charge in [-0.1, -0.05) is 13.8 Å². The average Bonchev–Trinajstić information content (AvgIpc) is 3.03. The first-order valence-electron chi connectivity index (χ1n) is 9.93. The quantitative estimate of drug-likeness (QED) is 0.854. The number of pyridine rings is 1. The fourth-order valence-corrected chi connectivity index (χ4v) is 3.72. The molecule has 0 saturated carbocycles. The number of hydrogen-bond acceptors (Lipinski definition) is 5. The molecule has 0 bridgehead atoms. The summed E-state index contributed by atoms with van der Waals surface area (Å²) in [5, 5.41) is 7.17. The van der Waals surface area contributed by atoms with Crippen molar-refractivity contribution >= 4 is 11.8 Å². The third-order valence-electron chi connectivity index (χ3n) is 5.34. The summed E-state index contributed by atoms with van der Waals surface area (Å²) in [5.41, 5.74) is 0.576. The van der Waals surface area contributed by atoms with Crippen molar-refractivity contribution < 1.29 is 9.59 Å². The summed E-state index contributed by atoms with van der Waals surface area (Å²) < 4.78 is 0. The van der Waals surface area contributed by atoms with Gasteiger partial charge in [0.1, 0.15) is 11.9 Å². The zero-order valence-corrected chi connectivity index (χ0v) is 16.8. The van der Waals surface area contributed by atoms with Crippen LogP contribution in [0.5, 0.6) is 0 Å². The molecule has 1 saturated heterocycles. The van der Waals surface area contributed by atoms with E-state index in [0.717, 1.165) is 19.3 Å². The average molecular weight is 384 g/mol. The van der Waals surface area contributed by atoms with E-state index in [1.54, 1.807) is 29.4 Å². The Morgan fingerprint density at radius 1 is 1.21 bits per heavy atom. The van der Waals surface area contributed by atoms with Crippen LogP contribution in [0.1, 0.15) is 61.2 Å². The number of H-pyrrole nitrogens is 1. The van der Waals surface area contributed by atoms with E-state index < -0.39 is 0 Å². The number of carbonyl (C=O) groups is 2. The summed E-state index contributed by atoms with van der Waals surface area (Å²) >= 11 is 0. The summed E-state index contributed by atoms with van der Waals surface area (Å²) in [5.74, 6) is 1.31. The highest BCUT2D eigenvalue weighted by atomic mass is 16.2. The van der Waals surface area contributed by atoms with Crippen molar-refractivity contribution in [2.75, 3.05) is 19.6 Å². The number of hydrogen-bond donors (Lipinski definition) is 1. The molecule has 1 N–H and O–H groups in total. The van der Waals surface area contributed by atoms with Gasteiger partial charge in [-0.2, -0.15) is 5.10 Å². The normalized spacial score (nSPS) is 17.6. The highest BCUT2D eigenvalue weighted by Crippen LogP contribution is 2.26. The fourth-order valence-electron chi connectivity index (χ4n) is 3.72. The lowest BCUT2D eigenvalue weighted by Crippen LogP contribution is -2.42. The smallest absolute Gasteiger partial charge is 0.254 e. The number of aryl methyl sites for hydroxylation is 1. The zero-order valence-electron chi connectivity index (χ0n) is 16.8. The van der Waals surface area contributed by atoms with Crippen molar-refractivity contribution in [2.45, 2.75) is 46.1 Å². The topological polar surface area (TPSA) is 95.1 Å². The largest absolute Gasteiger partial charge is 0.340 e. The van der Waals surface area contributed by atoms with Gasteiger partial charge in [0.15, 0.2) is 5.82 Å². The molecule has 8 heteroatoms. The number of rotatable bonds is 5. The van der Waals surface area contributed by atoms with E-state index in [-0.39, 0.29) is 23.8 Å². The number of aromatic amines is 1. The number of amides is 2. The van der Waals surface area contributed by atoms with Crippen molar-refractivity contribution in [1.29, 1.82) is 0 Å². The molecule has 2 aromatic heterocycles. The Morgan fingerprint density at radius 2 is 1.93 bits per heavy atom. The highest BCUT2D eigenvalue weighted by Gasteiger charge is 2.35. The Labute approximate surface area is 165 Å². The van der Waals surface area contributed by atoms with Gasteiger partial charge in [-0.05, 0) is 38.3 Å². The molecule has 0 radical (unpaired) electrons. The van der Waals surface area contributed by atoms with Crippen LogP contribution in [0.15, 0.2) is 24.5 Å². The number of carbonyl (C=O) groups excluding carboxylic acids is 2. The molecule has 0 unspecified atom stereocenters. The minimum atomic E-state index is -0.383. The predicted octanol–water partition coefficient (Wildman–Crippen LogP) is 2.36. The second kappa shape index (κ2) is 8.95. The van der Waals surface area contributed by atoms with E-state index in [0.29, 0.717) is 36.8 Å². The van der Waals surface area contributed by atoms with Crippen LogP contribution in [0, 0.1) is 12.8 Å². The van der Waals surface area contributed by atoms with Gasteiger partial charge in [-0.3, -0.25) is 19.7 Å². The van der Waals surface area contributed by atoms with Crippen LogP contribution in [-0.4, -0.2) is 61.4 Å². The molecule has 8 nitrogen and oxygen atoms in total. The third kappa shape index (κ3) is 4.21. The van der Waals surface area contributed by atoms with Gasteiger partial charge in [0.25, 0.3) is 5.91 Å². The van der Waals surface area contributed by atoms with E-state index in [1.165, 1.54) is 0 Å². The highest BCUT2D eigenvalue weighted by molar-refractivity contribution is 5.94. The van der Waals surface area contributed by atoms with Gasteiger partial charge in [0.05, 0.1) is 0 Å². The lowest BCUT2D eigenvalue weighted by Gasteiger charge is -2.31. The van der Waals surface area contributed by atoms with Gasteiger partial charge < -0.3 is 9.80 Å². The van der Waals surface area contributed by atoms with Gasteiger partial charge in [-0.25, -0.2) is 4.98 Å². The van der Waals surface area contributed by atoms with E-state index in [4.69, 9.17) is 0 Å². The summed E-state index contributed by atoms with van der Waals surface area (Å²) in [4.78, 5) is 38.3. The zero-order chi connectivity index (χ0) is 20.1. The molecule has 28 heavy (non-hydrogen) atoms. The number of nitrogens with zero attached hydrogens (tertiary/aromatic N) is 5. The van der Waals surface area contributed by atoms with Crippen molar-refractivity contribution in [3.8, 4) is 0 Å². The van der Waals surface area contributed by atoms with Crippen LogP contribution in [-0.2, 0) is 4.79 Å². The first kappa shape index (κ1) is 20.0. The first-order valence-corrected chi connectivity index (χ1v) is 9.93. The Bertz CT molecular complexity index is 802. The minimum absolute atomic E-state index is 0.0111. The molecule has 0 spiro atoms. The first-order chi connectivity index (χ1) is 13.5. The Hall–Kier alpha value is -2.77. The third-order valence-corrected chi connectivity index (χ3v) is 5.34. The molecular weight excluding hydrogens is 356 g/mol. The van der Waals surface area contributed by atoms with Gasteiger partial charge in [-0.15, -0.1) is 0 Å². The second-order valence-electron chi connectivity index (χ2n) is 7.18. The minimum Gasteiger partial charge on any atom is -0.340 e. The van der Waals surface area contributed by atoms with Gasteiger partial charge in [0, 0.05) is 43.5 Å². The Kier molecular flexibility index (Phi) is 6.38. The SMILES string of the molecule is CCC(CC)C(=O)N1CCCN(C(=O)c2ccncc2)[C@H](c2n[nH]c(C)n2)C1. The van der Waals surface area contributed by atoms with E-state index in [2.05, 4.69) is 20.2 Å². The van der Waals surface area contributed by atoms with Gasteiger partial charge in [0.2, 0.25) is 5.91 Å². The van der Waals surface area contributed by atoms with Crippen LogP contribution in [0.3, 0.4) is 0 Å². The van der Waals surface area contributed by atoms with Crippen molar-refractivity contribution in [3.63, 3.8) is 0 Å². The molecular formula is C20H28N6O2. The van der Waals surface area contributed by atoms with Crippen molar-refractivity contribution in [1.82, 2.24) is 30.0 Å². The second-order valence-corrected chi connectivity index (χ2v) is 7.18. The maximum Gasteiger partial charge on any atom is 0.254 e. The van der Waals surface area contributed by atoms with E-state index in [9.17, 15) is 9.59 Å². The molecule has 3 heterocycles. The number of nitrogens with one attached hydrogen (secondary N) is 1. The fraction of sp³-hybridized carbons (Fsp3) is 0.550. The molecule has 1 fully saturated rings. The molecule has 3 rings (SSSR count). The van der Waals surface area contributed by atoms with Crippen LogP contribution < -0.4 is 0 Å². The molecule has 1 atom stereocenters. The van der Waals surface area contributed by atoms with E-state index >= 15 is 0 Å².